The summed E-state index contributed by atoms with van der Waals surface area (Å²) in [6.45, 7) is 5.99. The molecule has 1 heterocycles. The molecule has 1 aliphatic heterocycles. The van der Waals surface area contributed by atoms with Gasteiger partial charge in [0.1, 0.15) is 0 Å². The number of nitrogens with one attached hydrogen (secondary N) is 1. The van der Waals surface area contributed by atoms with Crippen molar-refractivity contribution >= 4 is 5.91 Å². The molecule has 3 nitrogen and oxygen atoms in total. The van der Waals surface area contributed by atoms with Crippen LogP contribution in [0.1, 0.15) is 43.4 Å². The number of carbonyl (C=O) groups is 1. The average Bonchev–Trinajstić information content (AvgIpc) is 3.12. The third kappa shape index (κ3) is 3.85. The Kier molecular flexibility index (Phi) is 5.31. The van der Waals surface area contributed by atoms with Crippen molar-refractivity contribution in [2.45, 2.75) is 38.3 Å². The Labute approximate surface area is 144 Å². The molecule has 1 amide bonds. The van der Waals surface area contributed by atoms with E-state index in [0.717, 1.165) is 25.1 Å². The van der Waals surface area contributed by atoms with E-state index in [0.29, 0.717) is 5.92 Å². The summed E-state index contributed by atoms with van der Waals surface area (Å²) in [6, 6.07) is 20.7. The molecule has 126 valence electrons. The van der Waals surface area contributed by atoms with E-state index >= 15 is 0 Å². The number of amides is 1. The van der Waals surface area contributed by atoms with E-state index in [1.54, 1.807) is 0 Å². The van der Waals surface area contributed by atoms with Crippen molar-refractivity contribution in [2.24, 2.45) is 0 Å². The second-order valence-electron chi connectivity index (χ2n) is 6.71. The smallest absolute Gasteiger partial charge is 0.237 e. The summed E-state index contributed by atoms with van der Waals surface area (Å²) < 4.78 is 0. The van der Waals surface area contributed by atoms with Gasteiger partial charge in [0.15, 0.2) is 0 Å². The van der Waals surface area contributed by atoms with Crippen LogP contribution in [0.3, 0.4) is 0 Å². The van der Waals surface area contributed by atoms with Gasteiger partial charge in [-0.05, 0) is 43.9 Å². The van der Waals surface area contributed by atoms with Crippen LogP contribution in [0.25, 0.3) is 0 Å². The Bertz CT molecular complexity index is 656. The van der Waals surface area contributed by atoms with Gasteiger partial charge in [-0.15, -0.1) is 0 Å². The number of likely N-dealkylation sites (tertiary alicyclic amines) is 1. The number of carbonyl (C=O) groups excluding carboxylic acids is 1. The summed E-state index contributed by atoms with van der Waals surface area (Å²) in [6.07, 6.45) is 1.12. The third-order valence-corrected chi connectivity index (χ3v) is 5.08. The molecule has 0 aromatic heterocycles. The second-order valence-corrected chi connectivity index (χ2v) is 6.71. The van der Waals surface area contributed by atoms with Crippen molar-refractivity contribution in [3.05, 3.63) is 71.8 Å². The van der Waals surface area contributed by atoms with Crippen LogP contribution >= 0.6 is 0 Å². The van der Waals surface area contributed by atoms with Gasteiger partial charge >= 0.3 is 0 Å². The van der Waals surface area contributed by atoms with E-state index in [9.17, 15) is 4.79 Å². The normalized spacial score (nSPS) is 20.5. The zero-order valence-electron chi connectivity index (χ0n) is 14.5. The summed E-state index contributed by atoms with van der Waals surface area (Å²) in [7, 11) is 0. The Hall–Kier alpha value is -2.13. The third-order valence-electron chi connectivity index (χ3n) is 5.08. The molecule has 2 aromatic rings. The van der Waals surface area contributed by atoms with Gasteiger partial charge < -0.3 is 5.32 Å². The van der Waals surface area contributed by atoms with Crippen molar-refractivity contribution in [3.8, 4) is 0 Å². The molecule has 24 heavy (non-hydrogen) atoms. The van der Waals surface area contributed by atoms with Crippen LogP contribution < -0.4 is 5.32 Å². The second kappa shape index (κ2) is 7.63. The van der Waals surface area contributed by atoms with Crippen molar-refractivity contribution in [1.82, 2.24) is 10.2 Å². The molecule has 3 atom stereocenters. The van der Waals surface area contributed by atoms with E-state index in [1.165, 1.54) is 5.56 Å². The van der Waals surface area contributed by atoms with Crippen molar-refractivity contribution in [3.63, 3.8) is 0 Å². The van der Waals surface area contributed by atoms with Gasteiger partial charge in [0.25, 0.3) is 0 Å². The highest BCUT2D eigenvalue weighted by Crippen LogP contribution is 2.28. The lowest BCUT2D eigenvalue weighted by Crippen LogP contribution is -2.44. The number of rotatable bonds is 5. The Morgan fingerprint density at radius 2 is 1.67 bits per heavy atom. The predicted octanol–water partition coefficient (Wildman–Crippen LogP) is 3.74. The molecule has 0 bridgehead atoms. The molecule has 1 aliphatic rings. The Balaban J connectivity index is 1.56. The maximum atomic E-state index is 12.6. The van der Waals surface area contributed by atoms with Gasteiger partial charge in [-0.1, -0.05) is 60.7 Å². The lowest BCUT2D eigenvalue weighted by atomic mass is 9.99. The van der Waals surface area contributed by atoms with Crippen molar-refractivity contribution in [2.75, 3.05) is 13.1 Å². The molecular weight excluding hydrogens is 296 g/mol. The summed E-state index contributed by atoms with van der Waals surface area (Å²) in [5.74, 6) is 0.646. The van der Waals surface area contributed by atoms with E-state index in [2.05, 4.69) is 52.7 Å². The highest BCUT2D eigenvalue weighted by atomic mass is 16.2. The van der Waals surface area contributed by atoms with Crippen LogP contribution in [0.5, 0.6) is 0 Å². The van der Waals surface area contributed by atoms with Crippen LogP contribution in [-0.4, -0.2) is 29.9 Å². The molecule has 0 aliphatic carbocycles. The first-order chi connectivity index (χ1) is 11.6. The molecule has 1 N–H and O–H groups in total. The molecular formula is C21H26N2O. The summed E-state index contributed by atoms with van der Waals surface area (Å²) in [5, 5.41) is 3.15. The van der Waals surface area contributed by atoms with Gasteiger partial charge in [-0.25, -0.2) is 0 Å². The fourth-order valence-corrected chi connectivity index (χ4v) is 3.46. The first-order valence-electron chi connectivity index (χ1n) is 8.79. The minimum atomic E-state index is -0.0927. The largest absolute Gasteiger partial charge is 0.348 e. The molecule has 2 aromatic carbocycles. The van der Waals surface area contributed by atoms with Crippen molar-refractivity contribution < 1.29 is 4.79 Å². The molecule has 3 heteroatoms. The quantitative estimate of drug-likeness (QED) is 0.909. The fraction of sp³-hybridized carbons (Fsp3) is 0.381. The number of nitrogens with zero attached hydrogens (tertiary/aromatic N) is 1. The van der Waals surface area contributed by atoms with Gasteiger partial charge in [0.05, 0.1) is 12.1 Å². The van der Waals surface area contributed by atoms with Crippen LogP contribution in [0.15, 0.2) is 60.7 Å². The topological polar surface area (TPSA) is 32.3 Å². The Morgan fingerprint density at radius 3 is 2.33 bits per heavy atom. The van der Waals surface area contributed by atoms with Gasteiger partial charge in [0, 0.05) is 6.54 Å². The maximum absolute atomic E-state index is 12.6. The number of hydrogen-bond acceptors (Lipinski definition) is 2. The molecule has 0 radical (unpaired) electrons. The molecule has 0 unspecified atom stereocenters. The minimum absolute atomic E-state index is 0.0358. The van der Waals surface area contributed by atoms with Crippen LogP contribution in [-0.2, 0) is 4.79 Å². The summed E-state index contributed by atoms with van der Waals surface area (Å²) in [4.78, 5) is 14.9. The molecule has 0 spiro atoms. The first-order valence-corrected chi connectivity index (χ1v) is 8.79. The van der Waals surface area contributed by atoms with E-state index in [4.69, 9.17) is 0 Å². The number of benzene rings is 2. The van der Waals surface area contributed by atoms with Gasteiger partial charge in [-0.3, -0.25) is 9.69 Å². The SMILES string of the molecule is C[C@H](NC(=O)[C@@H](C)N1CC[C@H](c2ccccc2)C1)c1ccccc1. The highest BCUT2D eigenvalue weighted by molar-refractivity contribution is 5.81. The molecule has 1 fully saturated rings. The van der Waals surface area contributed by atoms with E-state index in [1.807, 2.05) is 32.0 Å². The monoisotopic (exact) mass is 322 g/mol. The maximum Gasteiger partial charge on any atom is 0.237 e. The minimum Gasteiger partial charge on any atom is -0.348 e. The lowest BCUT2D eigenvalue weighted by Gasteiger charge is -2.25. The van der Waals surface area contributed by atoms with Crippen LogP contribution in [0.4, 0.5) is 0 Å². The standard InChI is InChI=1S/C21H26N2O/c1-16(18-9-5-3-6-10-18)22-21(24)17(2)23-14-13-20(15-23)19-11-7-4-8-12-19/h3-12,16-17,20H,13-15H2,1-2H3,(H,22,24)/t16-,17+,20-/m0/s1. The highest BCUT2D eigenvalue weighted by Gasteiger charge is 2.30. The average molecular weight is 322 g/mol. The van der Waals surface area contributed by atoms with Gasteiger partial charge in [-0.2, -0.15) is 0 Å². The zero-order valence-corrected chi connectivity index (χ0v) is 14.5. The Morgan fingerprint density at radius 1 is 1.04 bits per heavy atom. The van der Waals surface area contributed by atoms with E-state index < -0.39 is 0 Å². The number of hydrogen-bond donors (Lipinski definition) is 1. The molecule has 0 saturated carbocycles. The van der Waals surface area contributed by atoms with Crippen LogP contribution in [0, 0.1) is 0 Å². The predicted molar refractivity (Wildman–Crippen MR) is 97.8 cm³/mol. The molecule has 1 saturated heterocycles. The molecule has 3 rings (SSSR count). The van der Waals surface area contributed by atoms with Crippen LogP contribution in [0.2, 0.25) is 0 Å². The summed E-state index contributed by atoms with van der Waals surface area (Å²) in [5.41, 5.74) is 2.52. The van der Waals surface area contributed by atoms with Gasteiger partial charge in [0.2, 0.25) is 5.91 Å². The summed E-state index contributed by atoms with van der Waals surface area (Å²) >= 11 is 0. The van der Waals surface area contributed by atoms with Crippen molar-refractivity contribution in [1.29, 1.82) is 0 Å². The fourth-order valence-electron chi connectivity index (χ4n) is 3.46. The first kappa shape index (κ1) is 16.7. The van der Waals surface area contributed by atoms with E-state index in [-0.39, 0.29) is 18.0 Å². The lowest BCUT2D eigenvalue weighted by molar-refractivity contribution is -0.126. The zero-order chi connectivity index (χ0) is 16.9.